The lowest BCUT2D eigenvalue weighted by atomic mass is 9.82. The van der Waals surface area contributed by atoms with E-state index in [1.54, 1.807) is 6.20 Å². The zero-order valence-corrected chi connectivity index (χ0v) is 19.6. The first kappa shape index (κ1) is 23.0. The maximum atomic E-state index is 11.6. The number of piperidine rings is 1. The predicted octanol–water partition coefficient (Wildman–Crippen LogP) is 5.13. The molecule has 3 heterocycles. The Morgan fingerprint density at radius 2 is 1.84 bits per heavy atom. The molecule has 1 saturated heterocycles. The molecule has 0 bridgehead atoms. The minimum Gasteiger partial charge on any atom is -0.481 e. The van der Waals surface area contributed by atoms with Crippen molar-refractivity contribution < 1.29 is 14.6 Å². The van der Waals surface area contributed by atoms with Gasteiger partial charge in [0.2, 0.25) is 5.88 Å². The van der Waals surface area contributed by atoms with Gasteiger partial charge in [0, 0.05) is 53.9 Å². The Balaban J connectivity index is 2.00. The van der Waals surface area contributed by atoms with E-state index < -0.39 is 5.97 Å². The van der Waals surface area contributed by atoms with E-state index in [2.05, 4.69) is 42.6 Å². The summed E-state index contributed by atoms with van der Waals surface area (Å²) in [6.45, 7) is 14.6. The Morgan fingerprint density at radius 1 is 1.16 bits per heavy atom. The van der Waals surface area contributed by atoms with Gasteiger partial charge in [-0.05, 0) is 44.1 Å². The van der Waals surface area contributed by atoms with Gasteiger partial charge in [0.05, 0.1) is 18.2 Å². The first-order chi connectivity index (χ1) is 14.6. The first-order valence-corrected chi connectivity index (χ1v) is 11.2. The van der Waals surface area contributed by atoms with Crippen molar-refractivity contribution in [2.75, 3.05) is 18.0 Å². The molecule has 0 aromatic carbocycles. The van der Waals surface area contributed by atoms with Crippen LogP contribution in [0.5, 0.6) is 5.88 Å². The highest BCUT2D eigenvalue weighted by atomic mass is 16.5. The molecular formula is C25H35N3O3. The number of ether oxygens (including phenoxy) is 1. The van der Waals surface area contributed by atoms with Gasteiger partial charge in [-0.1, -0.05) is 27.7 Å². The van der Waals surface area contributed by atoms with Crippen LogP contribution in [0, 0.1) is 18.3 Å². The third kappa shape index (κ3) is 5.54. The minimum absolute atomic E-state index is 0.0393. The van der Waals surface area contributed by atoms with Crippen molar-refractivity contribution in [3.8, 4) is 17.0 Å². The van der Waals surface area contributed by atoms with Crippen LogP contribution in [-0.4, -0.2) is 40.2 Å². The Kier molecular flexibility index (Phi) is 6.87. The highest BCUT2D eigenvalue weighted by Crippen LogP contribution is 2.39. The summed E-state index contributed by atoms with van der Waals surface area (Å²) in [5.41, 5.74) is 4.69. The van der Waals surface area contributed by atoms with Crippen LogP contribution in [0.25, 0.3) is 11.1 Å². The molecule has 0 radical (unpaired) electrons. The van der Waals surface area contributed by atoms with Crippen LogP contribution in [-0.2, 0) is 11.2 Å². The molecule has 6 heteroatoms. The normalized spacial score (nSPS) is 16.9. The number of carbonyl (C=O) groups is 1. The SMILES string of the molecule is Cc1ncc(-c2ccc(OC(C)C(C)C)nc2)c(N2CCC(C)(C)CC2)c1CC(=O)O. The summed E-state index contributed by atoms with van der Waals surface area (Å²) >= 11 is 0. The molecule has 6 nitrogen and oxygen atoms in total. The molecule has 1 fully saturated rings. The Labute approximate surface area is 185 Å². The fourth-order valence-electron chi connectivity index (χ4n) is 3.84. The van der Waals surface area contributed by atoms with Crippen LogP contribution in [0.15, 0.2) is 24.5 Å². The van der Waals surface area contributed by atoms with Crippen LogP contribution in [0.2, 0.25) is 0 Å². The van der Waals surface area contributed by atoms with Crippen molar-refractivity contribution in [3.05, 3.63) is 35.8 Å². The van der Waals surface area contributed by atoms with E-state index in [1.165, 1.54) is 0 Å². The molecule has 168 valence electrons. The summed E-state index contributed by atoms with van der Waals surface area (Å²) < 4.78 is 5.92. The van der Waals surface area contributed by atoms with E-state index in [9.17, 15) is 9.90 Å². The van der Waals surface area contributed by atoms with Crippen molar-refractivity contribution in [1.29, 1.82) is 0 Å². The molecular weight excluding hydrogens is 390 g/mol. The maximum Gasteiger partial charge on any atom is 0.307 e. The largest absolute Gasteiger partial charge is 0.481 e. The summed E-state index contributed by atoms with van der Waals surface area (Å²) in [5.74, 6) is 0.151. The quantitative estimate of drug-likeness (QED) is 0.663. The van der Waals surface area contributed by atoms with Gasteiger partial charge in [-0.2, -0.15) is 0 Å². The molecule has 2 aromatic rings. The Morgan fingerprint density at radius 3 is 2.39 bits per heavy atom. The van der Waals surface area contributed by atoms with Gasteiger partial charge in [-0.25, -0.2) is 4.98 Å². The zero-order chi connectivity index (χ0) is 22.8. The average Bonchev–Trinajstić information content (AvgIpc) is 2.70. The fourth-order valence-corrected chi connectivity index (χ4v) is 3.84. The maximum absolute atomic E-state index is 11.6. The highest BCUT2D eigenvalue weighted by molar-refractivity contribution is 5.84. The van der Waals surface area contributed by atoms with Crippen molar-refractivity contribution >= 4 is 11.7 Å². The van der Waals surface area contributed by atoms with Gasteiger partial charge in [0.25, 0.3) is 0 Å². The number of nitrogens with zero attached hydrogens (tertiary/aromatic N) is 3. The fraction of sp³-hybridized carbons (Fsp3) is 0.560. The molecule has 1 aliphatic heterocycles. The monoisotopic (exact) mass is 425 g/mol. The van der Waals surface area contributed by atoms with Crippen LogP contribution >= 0.6 is 0 Å². The number of pyridine rings is 2. The number of aliphatic carboxylic acids is 1. The standard InChI is InChI=1S/C25H35N3O3/c1-16(2)18(4)31-22-8-7-19(14-27-22)21-15-26-17(3)20(13-23(29)30)24(21)28-11-9-25(5,6)10-12-28/h7-8,14-16,18H,9-13H2,1-6H3,(H,29,30). The van der Waals surface area contributed by atoms with Crippen LogP contribution in [0.1, 0.15) is 58.7 Å². The topological polar surface area (TPSA) is 75.6 Å². The molecule has 1 aliphatic rings. The van der Waals surface area contributed by atoms with Crippen LogP contribution in [0.4, 0.5) is 5.69 Å². The number of carboxylic acids is 1. The average molecular weight is 426 g/mol. The lowest BCUT2D eigenvalue weighted by Gasteiger charge is -2.40. The van der Waals surface area contributed by atoms with Crippen molar-refractivity contribution in [3.63, 3.8) is 0 Å². The molecule has 0 spiro atoms. The Hall–Kier alpha value is -2.63. The summed E-state index contributed by atoms with van der Waals surface area (Å²) in [7, 11) is 0. The lowest BCUT2D eigenvalue weighted by molar-refractivity contribution is -0.136. The number of rotatable bonds is 7. The molecule has 0 aliphatic carbocycles. The highest BCUT2D eigenvalue weighted by Gasteiger charge is 2.29. The summed E-state index contributed by atoms with van der Waals surface area (Å²) in [6, 6.07) is 3.87. The first-order valence-electron chi connectivity index (χ1n) is 11.2. The number of aryl methyl sites for hydroxylation is 1. The van der Waals surface area contributed by atoms with Gasteiger partial charge in [0.15, 0.2) is 0 Å². The zero-order valence-electron chi connectivity index (χ0n) is 19.6. The van der Waals surface area contributed by atoms with Crippen LogP contribution < -0.4 is 9.64 Å². The molecule has 0 amide bonds. The second-order valence-corrected chi connectivity index (χ2v) is 9.76. The summed E-state index contributed by atoms with van der Waals surface area (Å²) in [6.07, 6.45) is 5.83. The van der Waals surface area contributed by atoms with Crippen molar-refractivity contribution in [2.45, 2.75) is 66.9 Å². The van der Waals surface area contributed by atoms with E-state index in [0.717, 1.165) is 54.0 Å². The van der Waals surface area contributed by atoms with Gasteiger partial charge in [0.1, 0.15) is 0 Å². The van der Waals surface area contributed by atoms with Gasteiger partial charge < -0.3 is 14.7 Å². The molecule has 2 aromatic heterocycles. The molecule has 31 heavy (non-hydrogen) atoms. The number of hydrogen-bond donors (Lipinski definition) is 1. The van der Waals surface area contributed by atoms with Crippen molar-refractivity contribution in [1.82, 2.24) is 9.97 Å². The molecule has 1 N–H and O–H groups in total. The van der Waals surface area contributed by atoms with E-state index in [-0.39, 0.29) is 12.5 Å². The number of carboxylic acid groups (broad SMARTS) is 1. The molecule has 3 rings (SSSR count). The van der Waals surface area contributed by atoms with Crippen LogP contribution in [0.3, 0.4) is 0 Å². The number of aromatic nitrogens is 2. The minimum atomic E-state index is -0.842. The van der Waals surface area contributed by atoms with Gasteiger partial charge in [-0.15, -0.1) is 0 Å². The molecule has 1 unspecified atom stereocenters. The Bertz CT molecular complexity index is 912. The van der Waals surface area contributed by atoms with E-state index in [0.29, 0.717) is 17.2 Å². The smallest absolute Gasteiger partial charge is 0.307 e. The van der Waals surface area contributed by atoms with E-state index in [4.69, 9.17) is 4.74 Å². The van der Waals surface area contributed by atoms with E-state index >= 15 is 0 Å². The predicted molar refractivity (Wildman–Crippen MR) is 124 cm³/mol. The summed E-state index contributed by atoms with van der Waals surface area (Å²) in [4.78, 5) is 23.0. The third-order valence-electron chi connectivity index (χ3n) is 6.42. The van der Waals surface area contributed by atoms with Crippen molar-refractivity contribution in [2.24, 2.45) is 11.3 Å². The van der Waals surface area contributed by atoms with Gasteiger partial charge in [-0.3, -0.25) is 9.78 Å². The second kappa shape index (κ2) is 9.25. The second-order valence-electron chi connectivity index (χ2n) is 9.76. The van der Waals surface area contributed by atoms with E-state index in [1.807, 2.05) is 32.2 Å². The molecule has 0 saturated carbocycles. The summed E-state index contributed by atoms with van der Waals surface area (Å²) in [5, 5.41) is 9.55. The van der Waals surface area contributed by atoms with Gasteiger partial charge >= 0.3 is 5.97 Å². The third-order valence-corrected chi connectivity index (χ3v) is 6.42. The molecule has 1 atom stereocenters. The number of anilines is 1. The lowest BCUT2D eigenvalue weighted by Crippen LogP contribution is -2.38. The number of hydrogen-bond acceptors (Lipinski definition) is 5.